The molecule has 1 amide bonds. The van der Waals surface area contributed by atoms with Gasteiger partial charge in [0.25, 0.3) is 5.91 Å². The number of alkyl halides is 3. The molecule has 0 bridgehead atoms. The van der Waals surface area contributed by atoms with Crippen molar-refractivity contribution in [2.75, 3.05) is 13.1 Å². The van der Waals surface area contributed by atoms with E-state index in [1.54, 1.807) is 25.1 Å². The summed E-state index contributed by atoms with van der Waals surface area (Å²) in [4.78, 5) is 12.8. The van der Waals surface area contributed by atoms with Crippen LogP contribution in [-0.4, -0.2) is 30.1 Å². The average molecular weight is 324 g/mol. The van der Waals surface area contributed by atoms with E-state index < -0.39 is 18.6 Å². The van der Waals surface area contributed by atoms with Gasteiger partial charge < -0.3 is 4.90 Å². The minimum absolute atomic E-state index is 0.0126. The summed E-state index contributed by atoms with van der Waals surface area (Å²) in [5, 5.41) is 0. The molecule has 6 heteroatoms. The smallest absolute Gasteiger partial charge is 0.330 e. The van der Waals surface area contributed by atoms with E-state index in [0.717, 1.165) is 10.5 Å². The van der Waals surface area contributed by atoms with Gasteiger partial charge in [0.05, 0.1) is 5.56 Å². The molecule has 0 N–H and O–H groups in total. The van der Waals surface area contributed by atoms with Gasteiger partial charge in [0.1, 0.15) is 6.54 Å². The van der Waals surface area contributed by atoms with Gasteiger partial charge in [0, 0.05) is 11.0 Å². The molecule has 0 aromatic heterocycles. The van der Waals surface area contributed by atoms with Gasteiger partial charge in [-0.1, -0.05) is 11.6 Å². The van der Waals surface area contributed by atoms with Crippen LogP contribution < -0.4 is 0 Å². The molecule has 18 heavy (non-hydrogen) atoms. The molecule has 0 spiro atoms. The first kappa shape index (κ1) is 15.0. The number of hydrogen-bond acceptors (Lipinski definition) is 1. The third-order valence-electron chi connectivity index (χ3n) is 2.39. The second-order valence-corrected chi connectivity index (χ2v) is 4.77. The number of aryl methyl sites for hydroxylation is 1. The molecule has 2 nitrogen and oxygen atoms in total. The van der Waals surface area contributed by atoms with Crippen molar-refractivity contribution in [1.29, 1.82) is 0 Å². The van der Waals surface area contributed by atoms with E-state index in [-0.39, 0.29) is 12.1 Å². The maximum absolute atomic E-state index is 12.3. The van der Waals surface area contributed by atoms with Crippen LogP contribution in [0.5, 0.6) is 0 Å². The summed E-state index contributed by atoms with van der Waals surface area (Å²) in [5.41, 5.74) is 1.07. The van der Waals surface area contributed by atoms with Crippen molar-refractivity contribution in [2.24, 2.45) is 0 Å². The van der Waals surface area contributed by atoms with Crippen molar-refractivity contribution in [3.8, 4) is 0 Å². The second-order valence-electron chi connectivity index (χ2n) is 3.92. The van der Waals surface area contributed by atoms with Gasteiger partial charge in [-0.3, -0.25) is 4.79 Å². The molecule has 0 radical (unpaired) electrons. The molecule has 1 aromatic carbocycles. The lowest BCUT2D eigenvalue weighted by molar-refractivity contribution is -0.140. The number of benzene rings is 1. The highest BCUT2D eigenvalue weighted by molar-refractivity contribution is 9.10. The quantitative estimate of drug-likeness (QED) is 0.829. The maximum atomic E-state index is 12.3. The predicted octanol–water partition coefficient (Wildman–Crippen LogP) is 3.78. The van der Waals surface area contributed by atoms with E-state index in [4.69, 9.17) is 0 Å². The van der Waals surface area contributed by atoms with Gasteiger partial charge >= 0.3 is 6.18 Å². The summed E-state index contributed by atoms with van der Waals surface area (Å²) < 4.78 is 37.5. The predicted molar refractivity (Wildman–Crippen MR) is 66.5 cm³/mol. The Hall–Kier alpha value is -1.04. The number of rotatable bonds is 3. The highest BCUT2D eigenvalue weighted by atomic mass is 79.9. The fourth-order valence-corrected chi connectivity index (χ4v) is 1.93. The zero-order valence-electron chi connectivity index (χ0n) is 10.0. The lowest BCUT2D eigenvalue weighted by Gasteiger charge is -2.23. The number of nitrogens with zero attached hydrogens (tertiary/aromatic N) is 1. The van der Waals surface area contributed by atoms with E-state index >= 15 is 0 Å². The molecule has 0 heterocycles. The summed E-state index contributed by atoms with van der Waals surface area (Å²) in [6.45, 7) is 2.08. The third-order valence-corrected chi connectivity index (χ3v) is 3.08. The fraction of sp³-hybridized carbons (Fsp3) is 0.417. The first-order valence-electron chi connectivity index (χ1n) is 5.36. The van der Waals surface area contributed by atoms with Crippen molar-refractivity contribution in [2.45, 2.75) is 20.0 Å². The van der Waals surface area contributed by atoms with Crippen LogP contribution in [-0.2, 0) is 0 Å². The molecular weight excluding hydrogens is 311 g/mol. The van der Waals surface area contributed by atoms with E-state index in [1.165, 1.54) is 6.92 Å². The first-order valence-corrected chi connectivity index (χ1v) is 6.16. The van der Waals surface area contributed by atoms with Crippen LogP contribution in [0.1, 0.15) is 22.8 Å². The molecular formula is C12H13BrF3NO. The highest BCUT2D eigenvalue weighted by Crippen LogP contribution is 2.22. The van der Waals surface area contributed by atoms with Crippen LogP contribution in [0.3, 0.4) is 0 Å². The molecule has 100 valence electrons. The normalized spacial score (nSPS) is 11.4. The van der Waals surface area contributed by atoms with Gasteiger partial charge in [-0.25, -0.2) is 0 Å². The lowest BCUT2D eigenvalue weighted by atomic mass is 10.1. The van der Waals surface area contributed by atoms with Crippen LogP contribution >= 0.6 is 15.9 Å². The highest BCUT2D eigenvalue weighted by Gasteiger charge is 2.33. The van der Waals surface area contributed by atoms with E-state index in [9.17, 15) is 18.0 Å². The van der Waals surface area contributed by atoms with Gasteiger partial charge in [-0.15, -0.1) is 0 Å². The van der Waals surface area contributed by atoms with Crippen molar-refractivity contribution < 1.29 is 18.0 Å². The molecule has 0 unspecified atom stereocenters. The van der Waals surface area contributed by atoms with Crippen molar-refractivity contribution in [3.05, 3.63) is 33.8 Å². The van der Waals surface area contributed by atoms with E-state index in [2.05, 4.69) is 15.9 Å². The van der Waals surface area contributed by atoms with Gasteiger partial charge in [-0.05, 0) is 41.9 Å². The molecule has 0 aliphatic carbocycles. The van der Waals surface area contributed by atoms with E-state index in [1.807, 2.05) is 0 Å². The van der Waals surface area contributed by atoms with Crippen LogP contribution in [0.25, 0.3) is 0 Å². The zero-order chi connectivity index (χ0) is 13.9. The monoisotopic (exact) mass is 323 g/mol. The topological polar surface area (TPSA) is 20.3 Å². The molecule has 0 fully saturated rings. The molecule has 0 saturated heterocycles. The summed E-state index contributed by atoms with van der Waals surface area (Å²) in [7, 11) is 0. The molecule has 0 atom stereocenters. The second kappa shape index (κ2) is 5.73. The molecule has 1 rings (SSSR count). The Labute approximate surface area is 112 Å². The Morgan fingerprint density at radius 1 is 1.39 bits per heavy atom. The summed E-state index contributed by atoms with van der Waals surface area (Å²) >= 11 is 3.18. The van der Waals surface area contributed by atoms with Crippen molar-refractivity contribution >= 4 is 21.8 Å². The average Bonchev–Trinajstić information content (AvgIpc) is 2.27. The number of carbonyl (C=O) groups excluding carboxylic acids is 1. The minimum Gasteiger partial charge on any atom is -0.330 e. The van der Waals surface area contributed by atoms with Crippen molar-refractivity contribution in [1.82, 2.24) is 4.90 Å². The Bertz CT molecular complexity index is 445. The first-order chi connectivity index (χ1) is 8.24. The molecule has 0 aliphatic heterocycles. The number of halogens is 4. The standard InChI is InChI=1S/C12H13BrF3NO/c1-3-17(7-12(14,15)16)11(18)9-6-8(2)4-5-10(9)13/h4-6H,3,7H2,1-2H3. The summed E-state index contributed by atoms with van der Waals surface area (Å²) in [6, 6.07) is 5.01. The Morgan fingerprint density at radius 2 is 2.00 bits per heavy atom. The lowest BCUT2D eigenvalue weighted by Crippen LogP contribution is -2.38. The summed E-state index contributed by atoms with van der Waals surface area (Å²) in [5.74, 6) is -0.620. The van der Waals surface area contributed by atoms with Gasteiger partial charge in [0.2, 0.25) is 0 Å². The summed E-state index contributed by atoms with van der Waals surface area (Å²) in [6.07, 6.45) is -4.39. The van der Waals surface area contributed by atoms with Crippen molar-refractivity contribution in [3.63, 3.8) is 0 Å². The maximum Gasteiger partial charge on any atom is 0.406 e. The van der Waals surface area contributed by atoms with Gasteiger partial charge in [-0.2, -0.15) is 13.2 Å². The van der Waals surface area contributed by atoms with Crippen LogP contribution in [0, 0.1) is 6.92 Å². The van der Waals surface area contributed by atoms with Crippen LogP contribution in [0.15, 0.2) is 22.7 Å². The zero-order valence-corrected chi connectivity index (χ0v) is 11.6. The Kier molecular flexibility index (Phi) is 4.78. The van der Waals surface area contributed by atoms with Crippen LogP contribution in [0.4, 0.5) is 13.2 Å². The number of amides is 1. The Morgan fingerprint density at radius 3 is 2.50 bits per heavy atom. The third kappa shape index (κ3) is 4.01. The molecule has 0 saturated carbocycles. The molecule has 0 aliphatic rings. The van der Waals surface area contributed by atoms with Gasteiger partial charge in [0.15, 0.2) is 0 Å². The van der Waals surface area contributed by atoms with Crippen LogP contribution in [0.2, 0.25) is 0 Å². The fourth-order valence-electron chi connectivity index (χ4n) is 1.52. The largest absolute Gasteiger partial charge is 0.406 e. The Balaban J connectivity index is 3.00. The number of carbonyl (C=O) groups is 1. The minimum atomic E-state index is -4.39. The van der Waals surface area contributed by atoms with E-state index in [0.29, 0.717) is 4.47 Å². The molecule has 1 aromatic rings. The number of hydrogen-bond donors (Lipinski definition) is 0. The SMILES string of the molecule is CCN(CC(F)(F)F)C(=O)c1cc(C)ccc1Br.